The fourth-order valence-electron chi connectivity index (χ4n) is 2.69. The summed E-state index contributed by atoms with van der Waals surface area (Å²) in [6.07, 6.45) is 7.48. The van der Waals surface area contributed by atoms with Gasteiger partial charge in [-0.15, -0.1) is 0 Å². The van der Waals surface area contributed by atoms with Crippen molar-refractivity contribution in [2.24, 2.45) is 0 Å². The molecule has 2 N–H and O–H groups in total. The first-order valence-electron chi connectivity index (χ1n) is 8.43. The molecule has 3 aromatic heterocycles. The Kier molecular flexibility index (Phi) is 4.70. The second-order valence-electron chi connectivity index (χ2n) is 5.87. The van der Waals surface area contributed by atoms with E-state index in [1.54, 1.807) is 35.5 Å². The zero-order valence-corrected chi connectivity index (χ0v) is 14.6. The minimum absolute atomic E-state index is 0.0640. The number of nitrogens with one attached hydrogen (secondary N) is 2. The van der Waals surface area contributed by atoms with Gasteiger partial charge in [0, 0.05) is 30.7 Å². The molecule has 0 radical (unpaired) electrons. The Morgan fingerprint density at radius 1 is 1.11 bits per heavy atom. The number of amides is 1. The molecule has 0 saturated carbocycles. The summed E-state index contributed by atoms with van der Waals surface area (Å²) in [5.74, 6) is -0.161. The third kappa shape index (κ3) is 3.54. The zero-order valence-electron chi connectivity index (χ0n) is 14.6. The molecule has 9 nitrogen and oxygen atoms in total. The van der Waals surface area contributed by atoms with E-state index >= 15 is 0 Å². The Morgan fingerprint density at radius 2 is 2.00 bits per heavy atom. The van der Waals surface area contributed by atoms with Crippen LogP contribution in [0.3, 0.4) is 0 Å². The number of carbonyl (C=O) groups excluding carboxylic acids is 1. The molecule has 0 aliphatic carbocycles. The van der Waals surface area contributed by atoms with Gasteiger partial charge >= 0.3 is 0 Å². The van der Waals surface area contributed by atoms with Crippen molar-refractivity contribution in [3.63, 3.8) is 0 Å². The van der Waals surface area contributed by atoms with Crippen molar-refractivity contribution in [1.29, 1.82) is 0 Å². The van der Waals surface area contributed by atoms with Crippen molar-refractivity contribution >= 4 is 5.91 Å². The molecule has 0 aliphatic heterocycles. The van der Waals surface area contributed by atoms with Gasteiger partial charge in [-0.25, -0.2) is 14.6 Å². The Hall–Kier alpha value is -4.14. The monoisotopic (exact) mass is 373 g/mol. The van der Waals surface area contributed by atoms with Crippen LogP contribution < -0.4 is 10.9 Å². The van der Waals surface area contributed by atoms with Crippen molar-refractivity contribution in [3.8, 4) is 17.1 Å². The summed E-state index contributed by atoms with van der Waals surface area (Å²) in [5, 5.41) is 6.85. The highest BCUT2D eigenvalue weighted by molar-refractivity contribution is 5.93. The van der Waals surface area contributed by atoms with E-state index in [1.165, 1.54) is 12.5 Å². The number of H-pyrrole nitrogens is 1. The Morgan fingerprint density at radius 3 is 2.75 bits per heavy atom. The minimum atomic E-state index is -0.518. The lowest BCUT2D eigenvalue weighted by Gasteiger charge is -2.10. The molecular formula is C19H15N7O2. The average molecular weight is 373 g/mol. The number of nitrogens with zero attached hydrogens (tertiary/aromatic N) is 5. The molecule has 28 heavy (non-hydrogen) atoms. The maximum Gasteiger partial charge on any atom is 0.264 e. The standard InChI is InChI=1S/C19H15N7O2/c27-18(15-10-22-17(25-19(15)28)14-5-3-7-20-8-14)23-9-13-4-1-2-6-16(13)26-12-21-11-24-26/h1-8,10-12H,9H2,(H,23,27)(H,22,25,28). The quantitative estimate of drug-likeness (QED) is 0.545. The molecule has 0 saturated heterocycles. The number of aromatic nitrogens is 6. The SMILES string of the molecule is O=C(NCc1ccccc1-n1cncn1)c1cnc(-c2cccnc2)[nH]c1=O. The second-order valence-corrected chi connectivity index (χ2v) is 5.87. The molecule has 4 rings (SSSR count). The van der Waals surface area contributed by atoms with E-state index < -0.39 is 11.5 Å². The number of para-hydroxylation sites is 1. The molecule has 0 atom stereocenters. The molecule has 0 unspecified atom stereocenters. The Bertz CT molecular complexity index is 1150. The lowest BCUT2D eigenvalue weighted by molar-refractivity contribution is 0.0949. The molecule has 0 aliphatic rings. The van der Waals surface area contributed by atoms with Crippen molar-refractivity contribution < 1.29 is 4.79 Å². The van der Waals surface area contributed by atoms with Crippen LogP contribution in [0, 0.1) is 0 Å². The fraction of sp³-hybridized carbons (Fsp3) is 0.0526. The molecular weight excluding hydrogens is 358 g/mol. The lowest BCUT2D eigenvalue weighted by Crippen LogP contribution is -2.30. The first-order valence-corrected chi connectivity index (χ1v) is 8.43. The average Bonchev–Trinajstić information content (AvgIpc) is 3.27. The fourth-order valence-corrected chi connectivity index (χ4v) is 2.69. The summed E-state index contributed by atoms with van der Waals surface area (Å²) in [6.45, 7) is 0.221. The maximum absolute atomic E-state index is 12.5. The summed E-state index contributed by atoms with van der Waals surface area (Å²) < 4.78 is 1.61. The van der Waals surface area contributed by atoms with Crippen LogP contribution >= 0.6 is 0 Å². The van der Waals surface area contributed by atoms with Gasteiger partial charge in [-0.2, -0.15) is 5.10 Å². The predicted octanol–water partition coefficient (Wildman–Crippen LogP) is 1.34. The summed E-state index contributed by atoms with van der Waals surface area (Å²) >= 11 is 0. The first-order chi connectivity index (χ1) is 13.7. The lowest BCUT2D eigenvalue weighted by atomic mass is 10.1. The summed E-state index contributed by atoms with van der Waals surface area (Å²) in [6, 6.07) is 11.0. The molecule has 1 aromatic carbocycles. The smallest absolute Gasteiger partial charge is 0.264 e. The summed E-state index contributed by atoms with van der Waals surface area (Å²) in [4.78, 5) is 39.5. The highest BCUT2D eigenvalue weighted by Gasteiger charge is 2.13. The van der Waals surface area contributed by atoms with Gasteiger partial charge in [0.15, 0.2) is 0 Å². The van der Waals surface area contributed by atoms with E-state index in [0.29, 0.717) is 11.4 Å². The molecule has 1 amide bonds. The van der Waals surface area contributed by atoms with Crippen molar-refractivity contribution in [1.82, 2.24) is 35.0 Å². The predicted molar refractivity (Wildman–Crippen MR) is 101 cm³/mol. The van der Waals surface area contributed by atoms with Gasteiger partial charge in [0.2, 0.25) is 0 Å². The van der Waals surface area contributed by atoms with E-state index in [0.717, 1.165) is 11.3 Å². The largest absolute Gasteiger partial charge is 0.348 e. The molecule has 138 valence electrons. The van der Waals surface area contributed by atoms with E-state index in [2.05, 4.69) is 30.4 Å². The van der Waals surface area contributed by atoms with Gasteiger partial charge in [-0.05, 0) is 23.8 Å². The van der Waals surface area contributed by atoms with Crippen LogP contribution in [0.4, 0.5) is 0 Å². The number of benzene rings is 1. The van der Waals surface area contributed by atoms with Gasteiger partial charge in [-0.3, -0.25) is 14.6 Å². The Balaban J connectivity index is 1.52. The normalized spacial score (nSPS) is 10.6. The minimum Gasteiger partial charge on any atom is -0.348 e. The van der Waals surface area contributed by atoms with E-state index in [1.807, 2.05) is 24.3 Å². The zero-order chi connectivity index (χ0) is 19.3. The number of aromatic amines is 1. The highest BCUT2D eigenvalue weighted by atomic mass is 16.2. The van der Waals surface area contributed by atoms with Crippen LogP contribution in [0.25, 0.3) is 17.1 Å². The molecule has 0 bridgehead atoms. The van der Waals surface area contributed by atoms with Crippen molar-refractivity contribution in [3.05, 3.63) is 89.1 Å². The second kappa shape index (κ2) is 7.62. The molecule has 0 fully saturated rings. The maximum atomic E-state index is 12.5. The summed E-state index contributed by atoms with van der Waals surface area (Å²) in [5.41, 5.74) is 1.70. The van der Waals surface area contributed by atoms with Crippen LogP contribution in [-0.2, 0) is 6.54 Å². The van der Waals surface area contributed by atoms with Gasteiger partial charge in [0.1, 0.15) is 24.0 Å². The number of hydrogen-bond acceptors (Lipinski definition) is 6. The number of rotatable bonds is 5. The molecule has 0 spiro atoms. The molecule has 3 heterocycles. The van der Waals surface area contributed by atoms with Gasteiger partial charge in [0.05, 0.1) is 5.69 Å². The Labute approximate surface area is 159 Å². The van der Waals surface area contributed by atoms with Gasteiger partial charge in [-0.1, -0.05) is 18.2 Å². The van der Waals surface area contributed by atoms with E-state index in [4.69, 9.17) is 0 Å². The van der Waals surface area contributed by atoms with Crippen LogP contribution in [0.1, 0.15) is 15.9 Å². The first kappa shape index (κ1) is 17.3. The topological polar surface area (TPSA) is 118 Å². The van der Waals surface area contributed by atoms with Crippen LogP contribution in [0.15, 0.2) is 72.4 Å². The number of pyridine rings is 1. The molecule has 9 heteroatoms. The third-order valence-electron chi connectivity index (χ3n) is 4.08. The van der Waals surface area contributed by atoms with Crippen molar-refractivity contribution in [2.75, 3.05) is 0 Å². The van der Waals surface area contributed by atoms with E-state index in [-0.39, 0.29) is 12.1 Å². The van der Waals surface area contributed by atoms with Gasteiger partial charge in [0.25, 0.3) is 11.5 Å². The number of carbonyl (C=O) groups is 1. The highest BCUT2D eigenvalue weighted by Crippen LogP contribution is 2.13. The third-order valence-corrected chi connectivity index (χ3v) is 4.08. The van der Waals surface area contributed by atoms with E-state index in [9.17, 15) is 9.59 Å². The van der Waals surface area contributed by atoms with Crippen LogP contribution in [-0.4, -0.2) is 35.6 Å². The number of hydrogen-bond donors (Lipinski definition) is 2. The van der Waals surface area contributed by atoms with Crippen LogP contribution in [0.2, 0.25) is 0 Å². The summed E-state index contributed by atoms with van der Waals surface area (Å²) in [7, 11) is 0. The van der Waals surface area contributed by atoms with Crippen molar-refractivity contribution in [2.45, 2.75) is 6.54 Å². The van der Waals surface area contributed by atoms with Crippen LogP contribution in [0.5, 0.6) is 0 Å². The molecule has 4 aromatic rings. The van der Waals surface area contributed by atoms with Gasteiger partial charge < -0.3 is 10.3 Å².